The molecule has 0 saturated heterocycles. The number of carbonyl (C=O) groups excluding carboxylic acids is 1. The zero-order valence-electron chi connectivity index (χ0n) is 13.6. The monoisotopic (exact) mass is 395 g/mol. The molecule has 2 aromatic rings. The first-order chi connectivity index (χ1) is 11.5. The molecule has 0 atom stereocenters. The highest BCUT2D eigenvalue weighted by molar-refractivity contribution is 9.10. The van der Waals surface area contributed by atoms with E-state index in [0.717, 1.165) is 10.0 Å². The van der Waals surface area contributed by atoms with Gasteiger partial charge in [0.05, 0.1) is 20.6 Å². The van der Waals surface area contributed by atoms with Gasteiger partial charge < -0.3 is 14.8 Å². The van der Waals surface area contributed by atoms with E-state index in [1.807, 2.05) is 18.2 Å². The van der Waals surface area contributed by atoms with E-state index in [0.29, 0.717) is 30.0 Å². The van der Waals surface area contributed by atoms with E-state index in [4.69, 9.17) is 9.47 Å². The van der Waals surface area contributed by atoms with Crippen LogP contribution in [0, 0.1) is 5.82 Å². The summed E-state index contributed by atoms with van der Waals surface area (Å²) < 4.78 is 24.8. The standard InChI is InChI=1S/C18H19BrFNO3/c1-23-16-6-3-12(9-17(16)24-2)7-8-21-18(22)11-13-10-14(19)4-5-15(13)20/h3-6,9-10H,7-8,11H2,1-2H3,(H,21,22). The largest absolute Gasteiger partial charge is 0.493 e. The molecule has 0 radical (unpaired) electrons. The number of benzene rings is 2. The third kappa shape index (κ3) is 4.96. The molecule has 0 unspecified atom stereocenters. The molecule has 0 aliphatic carbocycles. The Kier molecular flexibility index (Phi) is 6.61. The summed E-state index contributed by atoms with van der Waals surface area (Å²) in [5.74, 6) is 0.716. The van der Waals surface area contributed by atoms with Crippen molar-refractivity contribution < 1.29 is 18.7 Å². The van der Waals surface area contributed by atoms with Crippen LogP contribution in [0.15, 0.2) is 40.9 Å². The van der Waals surface area contributed by atoms with Crippen LogP contribution >= 0.6 is 15.9 Å². The fourth-order valence-electron chi connectivity index (χ4n) is 2.30. The molecule has 0 spiro atoms. The lowest BCUT2D eigenvalue weighted by Crippen LogP contribution is -2.27. The summed E-state index contributed by atoms with van der Waals surface area (Å²) in [6.45, 7) is 0.462. The minimum Gasteiger partial charge on any atom is -0.493 e. The SMILES string of the molecule is COc1ccc(CCNC(=O)Cc2cc(Br)ccc2F)cc1OC. The second kappa shape index (κ2) is 8.68. The van der Waals surface area contributed by atoms with Crippen molar-refractivity contribution >= 4 is 21.8 Å². The van der Waals surface area contributed by atoms with Crippen molar-refractivity contribution in [2.24, 2.45) is 0 Å². The number of hydrogen-bond acceptors (Lipinski definition) is 3. The maximum absolute atomic E-state index is 13.6. The summed E-state index contributed by atoms with van der Waals surface area (Å²) >= 11 is 3.27. The molecule has 24 heavy (non-hydrogen) atoms. The van der Waals surface area contributed by atoms with Gasteiger partial charge in [0.25, 0.3) is 0 Å². The average Bonchev–Trinajstić information content (AvgIpc) is 2.58. The van der Waals surface area contributed by atoms with Gasteiger partial charge in [0.15, 0.2) is 11.5 Å². The van der Waals surface area contributed by atoms with Gasteiger partial charge in [0.1, 0.15) is 5.82 Å². The Balaban J connectivity index is 1.87. The van der Waals surface area contributed by atoms with Gasteiger partial charge in [-0.1, -0.05) is 22.0 Å². The lowest BCUT2D eigenvalue weighted by molar-refractivity contribution is -0.120. The van der Waals surface area contributed by atoms with Crippen LogP contribution in [0.2, 0.25) is 0 Å². The Morgan fingerprint density at radius 2 is 1.88 bits per heavy atom. The molecule has 6 heteroatoms. The van der Waals surface area contributed by atoms with E-state index < -0.39 is 0 Å². The molecule has 1 N–H and O–H groups in total. The zero-order chi connectivity index (χ0) is 17.5. The molecule has 0 aliphatic heterocycles. The van der Waals surface area contributed by atoms with E-state index >= 15 is 0 Å². The second-order valence-electron chi connectivity index (χ2n) is 5.20. The number of halogens is 2. The predicted molar refractivity (Wildman–Crippen MR) is 94.1 cm³/mol. The average molecular weight is 396 g/mol. The van der Waals surface area contributed by atoms with E-state index in [1.165, 1.54) is 6.07 Å². The van der Waals surface area contributed by atoms with Crippen molar-refractivity contribution in [2.75, 3.05) is 20.8 Å². The first-order valence-electron chi connectivity index (χ1n) is 7.45. The lowest BCUT2D eigenvalue weighted by Gasteiger charge is -2.10. The molecule has 0 saturated carbocycles. The highest BCUT2D eigenvalue weighted by Crippen LogP contribution is 2.27. The van der Waals surface area contributed by atoms with Crippen molar-refractivity contribution in [3.05, 3.63) is 57.8 Å². The van der Waals surface area contributed by atoms with Crippen LogP contribution in [0.3, 0.4) is 0 Å². The molecule has 0 aromatic heterocycles. The van der Waals surface area contributed by atoms with Crippen molar-refractivity contribution in [1.29, 1.82) is 0 Å². The minimum atomic E-state index is -0.381. The van der Waals surface area contributed by atoms with Crippen LogP contribution in [0.25, 0.3) is 0 Å². The van der Waals surface area contributed by atoms with E-state index in [1.54, 1.807) is 26.4 Å². The molecule has 4 nitrogen and oxygen atoms in total. The molecular formula is C18H19BrFNO3. The third-order valence-corrected chi connectivity index (χ3v) is 4.04. The first-order valence-corrected chi connectivity index (χ1v) is 8.24. The quantitative estimate of drug-likeness (QED) is 0.780. The zero-order valence-corrected chi connectivity index (χ0v) is 15.2. The summed E-state index contributed by atoms with van der Waals surface area (Å²) in [7, 11) is 3.16. The van der Waals surface area contributed by atoms with Crippen LogP contribution in [0.5, 0.6) is 11.5 Å². The number of amides is 1. The molecule has 128 valence electrons. The Bertz CT molecular complexity index is 721. The van der Waals surface area contributed by atoms with Gasteiger partial charge in [-0.3, -0.25) is 4.79 Å². The summed E-state index contributed by atoms with van der Waals surface area (Å²) in [4.78, 5) is 12.0. The van der Waals surface area contributed by atoms with Gasteiger partial charge in [-0.05, 0) is 47.9 Å². The Morgan fingerprint density at radius 3 is 2.58 bits per heavy atom. The van der Waals surface area contributed by atoms with Crippen molar-refractivity contribution in [2.45, 2.75) is 12.8 Å². The summed E-state index contributed by atoms with van der Waals surface area (Å²) in [6.07, 6.45) is 0.657. The molecule has 0 aliphatic rings. The van der Waals surface area contributed by atoms with Crippen LogP contribution in [-0.2, 0) is 17.6 Å². The van der Waals surface area contributed by atoms with Gasteiger partial charge in [0.2, 0.25) is 5.91 Å². The lowest BCUT2D eigenvalue weighted by atomic mass is 10.1. The normalized spacial score (nSPS) is 10.3. The Labute approximate surface area is 149 Å². The Hall–Kier alpha value is -2.08. The van der Waals surface area contributed by atoms with Gasteiger partial charge in [-0.25, -0.2) is 4.39 Å². The topological polar surface area (TPSA) is 47.6 Å². The van der Waals surface area contributed by atoms with Gasteiger partial charge >= 0.3 is 0 Å². The first kappa shape index (κ1) is 18.3. The van der Waals surface area contributed by atoms with Crippen molar-refractivity contribution in [1.82, 2.24) is 5.32 Å². The number of nitrogens with one attached hydrogen (secondary N) is 1. The maximum Gasteiger partial charge on any atom is 0.224 e. The molecule has 2 rings (SSSR count). The Morgan fingerprint density at radius 1 is 1.12 bits per heavy atom. The van der Waals surface area contributed by atoms with Crippen LogP contribution in [0.1, 0.15) is 11.1 Å². The van der Waals surface area contributed by atoms with Crippen LogP contribution in [-0.4, -0.2) is 26.7 Å². The van der Waals surface area contributed by atoms with Crippen LogP contribution in [0.4, 0.5) is 4.39 Å². The number of methoxy groups -OCH3 is 2. The predicted octanol–water partition coefficient (Wildman–Crippen LogP) is 3.51. The number of rotatable bonds is 7. The molecule has 0 bridgehead atoms. The summed E-state index contributed by atoms with van der Waals surface area (Å²) in [6, 6.07) is 10.2. The highest BCUT2D eigenvalue weighted by Gasteiger charge is 2.09. The van der Waals surface area contributed by atoms with Gasteiger partial charge in [-0.15, -0.1) is 0 Å². The molecular weight excluding hydrogens is 377 g/mol. The summed E-state index contributed by atoms with van der Waals surface area (Å²) in [5, 5.41) is 2.80. The van der Waals surface area contributed by atoms with Crippen molar-refractivity contribution in [3.8, 4) is 11.5 Å². The smallest absolute Gasteiger partial charge is 0.224 e. The molecule has 0 heterocycles. The van der Waals surface area contributed by atoms with Gasteiger partial charge in [0, 0.05) is 11.0 Å². The fraction of sp³-hybridized carbons (Fsp3) is 0.278. The van der Waals surface area contributed by atoms with E-state index in [-0.39, 0.29) is 18.1 Å². The highest BCUT2D eigenvalue weighted by atomic mass is 79.9. The maximum atomic E-state index is 13.6. The second-order valence-corrected chi connectivity index (χ2v) is 6.12. The van der Waals surface area contributed by atoms with E-state index in [2.05, 4.69) is 21.2 Å². The fourth-order valence-corrected chi connectivity index (χ4v) is 2.71. The minimum absolute atomic E-state index is 0.0111. The van der Waals surface area contributed by atoms with Crippen molar-refractivity contribution in [3.63, 3.8) is 0 Å². The number of ether oxygens (including phenoxy) is 2. The molecule has 0 fully saturated rings. The third-order valence-electron chi connectivity index (χ3n) is 3.54. The van der Waals surface area contributed by atoms with E-state index in [9.17, 15) is 9.18 Å². The number of hydrogen-bond donors (Lipinski definition) is 1. The number of carbonyl (C=O) groups is 1. The summed E-state index contributed by atoms with van der Waals surface area (Å²) in [5.41, 5.74) is 1.38. The van der Waals surface area contributed by atoms with Gasteiger partial charge in [-0.2, -0.15) is 0 Å². The molecule has 1 amide bonds. The molecule has 2 aromatic carbocycles. The van der Waals surface area contributed by atoms with Crippen LogP contribution < -0.4 is 14.8 Å².